The van der Waals surface area contributed by atoms with Gasteiger partial charge in [-0.05, 0) is 19.8 Å². The predicted molar refractivity (Wildman–Crippen MR) is 48.8 cm³/mol. The Kier molecular flexibility index (Phi) is 6.12. The molecule has 0 heterocycles. The number of hydrogen-bond acceptors (Lipinski definition) is 2. The van der Waals surface area contributed by atoms with Crippen molar-refractivity contribution in [3.63, 3.8) is 0 Å². The fraction of sp³-hybridized carbons (Fsp3) is 0.600. The molecule has 0 aliphatic carbocycles. The van der Waals surface area contributed by atoms with E-state index in [1.54, 1.807) is 6.92 Å². The van der Waals surface area contributed by atoms with Crippen molar-refractivity contribution in [1.29, 1.82) is 0 Å². The molecule has 0 aromatic carbocycles. The number of unbranched alkanes of at least 4 members (excludes halogenated alkanes) is 1. The van der Waals surface area contributed by atoms with Crippen LogP contribution < -0.4 is 0 Å². The van der Waals surface area contributed by atoms with Gasteiger partial charge in [-0.15, -0.1) is 5.73 Å². The summed E-state index contributed by atoms with van der Waals surface area (Å²) in [6.45, 7) is 7.73. The summed E-state index contributed by atoms with van der Waals surface area (Å²) in [7, 11) is 0. The molecule has 0 N–H and O–H groups in total. The molecule has 0 saturated carbocycles. The monoisotopic (exact) mass is 168 g/mol. The van der Waals surface area contributed by atoms with Crippen molar-refractivity contribution < 1.29 is 9.53 Å². The van der Waals surface area contributed by atoms with Gasteiger partial charge >= 0.3 is 5.97 Å². The van der Waals surface area contributed by atoms with E-state index in [2.05, 4.69) is 19.2 Å². The Morgan fingerprint density at radius 2 is 2.17 bits per heavy atom. The number of ether oxygens (including phenoxy) is 1. The van der Waals surface area contributed by atoms with E-state index < -0.39 is 0 Å². The largest absolute Gasteiger partial charge is 0.462 e. The Morgan fingerprint density at radius 3 is 2.58 bits per heavy atom. The first kappa shape index (κ1) is 11.0. The zero-order chi connectivity index (χ0) is 9.40. The summed E-state index contributed by atoms with van der Waals surface area (Å²) >= 11 is 0. The molecule has 0 bridgehead atoms. The van der Waals surface area contributed by atoms with Crippen molar-refractivity contribution in [3.8, 4) is 0 Å². The van der Waals surface area contributed by atoms with Crippen molar-refractivity contribution in [3.05, 3.63) is 17.9 Å². The number of hydrogen-bond donors (Lipinski definition) is 0. The van der Waals surface area contributed by atoms with E-state index in [9.17, 15) is 4.79 Å². The standard InChI is InChI=1S/C10H16O2/c1-4-7-8-9(5-2)10(11)12-6-3/h2,4,6-8H2,1,3H3. The van der Waals surface area contributed by atoms with Crippen LogP contribution in [0.15, 0.2) is 17.9 Å². The second-order valence-electron chi connectivity index (χ2n) is 2.48. The molecule has 12 heavy (non-hydrogen) atoms. The summed E-state index contributed by atoms with van der Waals surface area (Å²) in [5.41, 5.74) is 3.18. The van der Waals surface area contributed by atoms with Gasteiger partial charge in [0.05, 0.1) is 12.2 Å². The smallest absolute Gasteiger partial charge is 0.341 e. The van der Waals surface area contributed by atoms with Crippen molar-refractivity contribution in [2.45, 2.75) is 33.1 Å². The molecule has 0 fully saturated rings. The van der Waals surface area contributed by atoms with E-state index in [1.165, 1.54) is 0 Å². The predicted octanol–water partition coefficient (Wildman–Crippen LogP) is 2.45. The molecule has 2 heteroatoms. The molecular weight excluding hydrogens is 152 g/mol. The highest BCUT2D eigenvalue weighted by Crippen LogP contribution is 2.07. The van der Waals surface area contributed by atoms with Crippen LogP contribution >= 0.6 is 0 Å². The average Bonchev–Trinajstić information content (AvgIpc) is 2.06. The maximum Gasteiger partial charge on any atom is 0.341 e. The molecule has 0 saturated heterocycles. The fourth-order valence-electron chi connectivity index (χ4n) is 0.834. The second-order valence-corrected chi connectivity index (χ2v) is 2.48. The summed E-state index contributed by atoms with van der Waals surface area (Å²) in [6.07, 6.45) is 2.76. The number of esters is 1. The Hall–Kier alpha value is -1.01. The van der Waals surface area contributed by atoms with Crippen molar-refractivity contribution in [2.75, 3.05) is 6.61 Å². The summed E-state index contributed by atoms with van der Waals surface area (Å²) in [5, 5.41) is 0. The second kappa shape index (κ2) is 6.68. The highest BCUT2D eigenvalue weighted by molar-refractivity contribution is 5.88. The molecule has 0 aromatic rings. The lowest BCUT2D eigenvalue weighted by atomic mass is 10.1. The third-order valence-electron chi connectivity index (χ3n) is 1.52. The summed E-state index contributed by atoms with van der Waals surface area (Å²) in [5.74, 6) is -0.277. The van der Waals surface area contributed by atoms with Crippen LogP contribution in [-0.4, -0.2) is 12.6 Å². The molecule has 0 atom stereocenters. The van der Waals surface area contributed by atoms with Crippen LogP contribution in [0.3, 0.4) is 0 Å². The highest BCUT2D eigenvalue weighted by atomic mass is 16.5. The molecule has 0 unspecified atom stereocenters. The van der Waals surface area contributed by atoms with Gasteiger partial charge < -0.3 is 4.74 Å². The maximum absolute atomic E-state index is 11.1. The topological polar surface area (TPSA) is 26.3 Å². The van der Waals surface area contributed by atoms with Crippen LogP contribution in [0.5, 0.6) is 0 Å². The molecular formula is C10H16O2. The first-order chi connectivity index (χ1) is 5.76. The molecule has 0 amide bonds. The van der Waals surface area contributed by atoms with Crippen LogP contribution in [-0.2, 0) is 9.53 Å². The Labute approximate surface area is 73.9 Å². The molecule has 0 aliphatic heterocycles. The van der Waals surface area contributed by atoms with Gasteiger partial charge in [-0.1, -0.05) is 19.9 Å². The average molecular weight is 168 g/mol. The molecule has 0 radical (unpaired) electrons. The van der Waals surface area contributed by atoms with Crippen molar-refractivity contribution in [2.24, 2.45) is 0 Å². The number of carbonyl (C=O) groups excluding carboxylic acids is 1. The summed E-state index contributed by atoms with van der Waals surface area (Å²) in [6, 6.07) is 0. The minimum Gasteiger partial charge on any atom is -0.462 e. The zero-order valence-corrected chi connectivity index (χ0v) is 7.85. The van der Waals surface area contributed by atoms with Crippen LogP contribution in [0.25, 0.3) is 0 Å². The van der Waals surface area contributed by atoms with E-state index in [-0.39, 0.29) is 5.97 Å². The van der Waals surface area contributed by atoms with Crippen LogP contribution in [0, 0.1) is 0 Å². The normalized spacial score (nSPS) is 8.83. The van der Waals surface area contributed by atoms with Crippen LogP contribution in [0.1, 0.15) is 33.1 Å². The van der Waals surface area contributed by atoms with E-state index in [0.29, 0.717) is 12.2 Å². The van der Waals surface area contributed by atoms with Crippen LogP contribution in [0.2, 0.25) is 0 Å². The maximum atomic E-state index is 11.1. The van der Waals surface area contributed by atoms with Gasteiger partial charge in [0.2, 0.25) is 0 Å². The molecule has 0 aromatic heterocycles. The summed E-state index contributed by atoms with van der Waals surface area (Å²) in [4.78, 5) is 11.1. The first-order valence-electron chi connectivity index (χ1n) is 4.32. The molecule has 0 rings (SSSR count). The van der Waals surface area contributed by atoms with Gasteiger partial charge in [0.1, 0.15) is 0 Å². The minimum atomic E-state index is -0.277. The number of carbonyl (C=O) groups is 1. The van der Waals surface area contributed by atoms with E-state index in [1.807, 2.05) is 0 Å². The minimum absolute atomic E-state index is 0.277. The molecule has 0 spiro atoms. The SMILES string of the molecule is C=C=C(CCCC)C(=O)OCC. The van der Waals surface area contributed by atoms with Gasteiger partial charge in [0.15, 0.2) is 0 Å². The quantitative estimate of drug-likeness (QED) is 0.358. The zero-order valence-electron chi connectivity index (χ0n) is 7.85. The molecule has 2 nitrogen and oxygen atoms in total. The number of rotatable bonds is 5. The van der Waals surface area contributed by atoms with Crippen molar-refractivity contribution >= 4 is 5.97 Å². The van der Waals surface area contributed by atoms with Gasteiger partial charge in [-0.25, -0.2) is 4.79 Å². The first-order valence-corrected chi connectivity index (χ1v) is 4.32. The Bertz CT molecular complexity index is 188. The lowest BCUT2D eigenvalue weighted by Crippen LogP contribution is -2.06. The van der Waals surface area contributed by atoms with Gasteiger partial charge in [-0.3, -0.25) is 0 Å². The fourth-order valence-corrected chi connectivity index (χ4v) is 0.834. The van der Waals surface area contributed by atoms with Crippen LogP contribution in [0.4, 0.5) is 0 Å². The lowest BCUT2D eigenvalue weighted by molar-refractivity contribution is -0.138. The van der Waals surface area contributed by atoms with Gasteiger partial charge in [0.25, 0.3) is 0 Å². The van der Waals surface area contributed by atoms with E-state index in [0.717, 1.165) is 19.3 Å². The third kappa shape index (κ3) is 3.99. The van der Waals surface area contributed by atoms with Gasteiger partial charge in [0, 0.05) is 0 Å². The third-order valence-corrected chi connectivity index (χ3v) is 1.52. The molecule has 68 valence electrons. The lowest BCUT2D eigenvalue weighted by Gasteiger charge is -2.02. The highest BCUT2D eigenvalue weighted by Gasteiger charge is 2.07. The molecule has 0 aliphatic rings. The van der Waals surface area contributed by atoms with Crippen molar-refractivity contribution in [1.82, 2.24) is 0 Å². The Morgan fingerprint density at radius 1 is 1.50 bits per heavy atom. The Balaban J connectivity index is 3.99. The summed E-state index contributed by atoms with van der Waals surface area (Å²) < 4.78 is 4.81. The van der Waals surface area contributed by atoms with E-state index >= 15 is 0 Å². The van der Waals surface area contributed by atoms with E-state index in [4.69, 9.17) is 4.74 Å². The van der Waals surface area contributed by atoms with Gasteiger partial charge in [-0.2, -0.15) is 0 Å².